The van der Waals surface area contributed by atoms with Gasteiger partial charge in [0.15, 0.2) is 6.04 Å². The second kappa shape index (κ2) is 6.58. The summed E-state index contributed by atoms with van der Waals surface area (Å²) in [6, 6.07) is 5.28. The van der Waals surface area contributed by atoms with E-state index < -0.39 is 24.1 Å². The maximum absolute atomic E-state index is 11.7. The Labute approximate surface area is 124 Å². The van der Waals surface area contributed by atoms with Crippen molar-refractivity contribution in [2.75, 3.05) is 5.32 Å². The summed E-state index contributed by atoms with van der Waals surface area (Å²) in [7, 11) is 0. The van der Waals surface area contributed by atoms with Gasteiger partial charge in [0.25, 0.3) is 0 Å². The second-order valence-corrected chi connectivity index (χ2v) is 5.98. The van der Waals surface area contributed by atoms with Crippen LogP contribution < -0.4 is 10.6 Å². The van der Waals surface area contributed by atoms with Crippen LogP contribution in [0.3, 0.4) is 0 Å². The zero-order valence-corrected chi connectivity index (χ0v) is 12.7. The maximum Gasteiger partial charge on any atom is 0.328 e. The Balaban J connectivity index is 2.69. The number of aliphatic hydroxyl groups is 1. The quantitative estimate of drug-likeness (QED) is 0.682. The van der Waals surface area contributed by atoms with E-state index >= 15 is 0 Å². The number of carboxylic acid groups (broad SMARTS) is 1. The van der Waals surface area contributed by atoms with Gasteiger partial charge in [-0.3, -0.25) is 0 Å². The minimum Gasteiger partial charge on any atom is -0.480 e. The molecule has 1 aromatic carbocycles. The molecule has 4 N–H and O–H groups in total. The number of carbonyl (C=O) groups excluding carboxylic acids is 1. The average molecular weight is 294 g/mol. The molecule has 0 spiro atoms. The lowest BCUT2D eigenvalue weighted by molar-refractivity contribution is -0.141. The predicted octanol–water partition coefficient (Wildman–Crippen LogP) is 1.94. The summed E-state index contributed by atoms with van der Waals surface area (Å²) in [5, 5.41) is 22.9. The van der Waals surface area contributed by atoms with Crippen LogP contribution in [0.5, 0.6) is 0 Å². The van der Waals surface area contributed by atoms with Crippen LogP contribution in [0.2, 0.25) is 0 Å². The number of aliphatic hydroxyl groups excluding tert-OH is 1. The number of rotatable bonds is 4. The first-order valence-electron chi connectivity index (χ1n) is 6.70. The zero-order chi connectivity index (χ0) is 16.2. The van der Waals surface area contributed by atoms with Crippen LogP contribution in [0.4, 0.5) is 10.5 Å². The highest BCUT2D eigenvalue weighted by Gasteiger charge is 2.24. The molecule has 6 heteroatoms. The van der Waals surface area contributed by atoms with Crippen molar-refractivity contribution in [1.29, 1.82) is 0 Å². The summed E-state index contributed by atoms with van der Waals surface area (Å²) in [5.74, 6) is -1.29. The van der Waals surface area contributed by atoms with Gasteiger partial charge in [0.05, 0.1) is 6.10 Å². The normalized spacial score (nSPS) is 14.1. The Bertz CT molecular complexity index is 503. The van der Waals surface area contributed by atoms with Crippen molar-refractivity contribution in [3.8, 4) is 0 Å². The van der Waals surface area contributed by atoms with Gasteiger partial charge in [-0.2, -0.15) is 0 Å². The molecule has 6 nitrogen and oxygen atoms in total. The van der Waals surface area contributed by atoms with Gasteiger partial charge in [-0.1, -0.05) is 32.9 Å². The monoisotopic (exact) mass is 294 g/mol. The molecule has 1 rings (SSSR count). The number of carboxylic acids is 1. The van der Waals surface area contributed by atoms with Crippen LogP contribution in [0.25, 0.3) is 0 Å². The van der Waals surface area contributed by atoms with E-state index in [-0.39, 0.29) is 5.41 Å². The summed E-state index contributed by atoms with van der Waals surface area (Å²) >= 11 is 0. The maximum atomic E-state index is 11.7. The van der Waals surface area contributed by atoms with Gasteiger partial charge in [0.2, 0.25) is 0 Å². The smallest absolute Gasteiger partial charge is 0.328 e. The third-order valence-electron chi connectivity index (χ3n) is 3.04. The first kappa shape index (κ1) is 17.0. The van der Waals surface area contributed by atoms with Crippen molar-refractivity contribution in [1.82, 2.24) is 5.32 Å². The number of carbonyl (C=O) groups is 2. The van der Waals surface area contributed by atoms with Crippen molar-refractivity contribution in [2.45, 2.75) is 45.3 Å². The molecule has 1 aromatic rings. The highest BCUT2D eigenvalue weighted by molar-refractivity contribution is 5.92. The Morgan fingerprint density at radius 3 is 2.05 bits per heavy atom. The lowest BCUT2D eigenvalue weighted by atomic mass is 9.87. The van der Waals surface area contributed by atoms with Gasteiger partial charge in [0.1, 0.15) is 0 Å². The van der Waals surface area contributed by atoms with Gasteiger partial charge < -0.3 is 20.8 Å². The molecule has 0 aliphatic carbocycles. The van der Waals surface area contributed by atoms with Crippen molar-refractivity contribution < 1.29 is 19.8 Å². The van der Waals surface area contributed by atoms with Crippen molar-refractivity contribution in [3.63, 3.8) is 0 Å². The predicted molar refractivity (Wildman–Crippen MR) is 80.4 cm³/mol. The molecule has 0 aliphatic heterocycles. The standard InChI is InChI=1S/C15H22N2O4/c1-9(18)12(13(19)20)17-14(21)16-11-7-5-10(6-8-11)15(2,3)4/h5-9,12,18H,1-4H3,(H,19,20)(H2,16,17,21). The van der Waals surface area contributed by atoms with Crippen LogP contribution in [0.1, 0.15) is 33.3 Å². The molecule has 0 bridgehead atoms. The minimum atomic E-state index is -1.35. The molecule has 0 saturated heterocycles. The Morgan fingerprint density at radius 2 is 1.67 bits per heavy atom. The number of amides is 2. The molecule has 0 aromatic heterocycles. The number of hydrogen-bond donors (Lipinski definition) is 4. The van der Waals surface area contributed by atoms with E-state index in [0.29, 0.717) is 5.69 Å². The van der Waals surface area contributed by atoms with E-state index in [1.807, 2.05) is 12.1 Å². The number of urea groups is 1. The second-order valence-electron chi connectivity index (χ2n) is 5.98. The lowest BCUT2D eigenvalue weighted by Gasteiger charge is -2.20. The number of anilines is 1. The average Bonchev–Trinajstić information content (AvgIpc) is 2.34. The molecule has 0 saturated carbocycles. The van der Waals surface area contributed by atoms with Crippen LogP contribution in [-0.4, -0.2) is 34.4 Å². The number of aliphatic carboxylic acids is 1. The molecule has 2 unspecified atom stereocenters. The molecule has 2 amide bonds. The SMILES string of the molecule is CC(O)C(NC(=O)Nc1ccc(C(C)(C)C)cc1)C(=O)O. The van der Waals surface area contributed by atoms with E-state index in [2.05, 4.69) is 31.4 Å². The highest BCUT2D eigenvalue weighted by Crippen LogP contribution is 2.23. The Kier molecular flexibility index (Phi) is 5.32. The largest absolute Gasteiger partial charge is 0.480 e. The lowest BCUT2D eigenvalue weighted by Crippen LogP contribution is -2.49. The van der Waals surface area contributed by atoms with Crippen molar-refractivity contribution in [2.24, 2.45) is 0 Å². The van der Waals surface area contributed by atoms with Crippen molar-refractivity contribution in [3.05, 3.63) is 29.8 Å². The molecule has 0 aliphatic rings. The molecule has 116 valence electrons. The number of hydrogen-bond acceptors (Lipinski definition) is 3. The molecule has 21 heavy (non-hydrogen) atoms. The van der Waals surface area contributed by atoms with Crippen molar-refractivity contribution >= 4 is 17.7 Å². The van der Waals surface area contributed by atoms with Gasteiger partial charge in [-0.15, -0.1) is 0 Å². The van der Waals surface area contributed by atoms with E-state index in [1.165, 1.54) is 6.92 Å². The molecular weight excluding hydrogens is 272 g/mol. The number of benzene rings is 1. The summed E-state index contributed by atoms with van der Waals surface area (Å²) in [6.45, 7) is 7.56. The topological polar surface area (TPSA) is 98.7 Å². The number of nitrogens with one attached hydrogen (secondary N) is 2. The van der Waals surface area contributed by atoms with E-state index in [4.69, 9.17) is 5.11 Å². The molecule has 0 fully saturated rings. The van der Waals surface area contributed by atoms with Gasteiger partial charge in [-0.05, 0) is 30.0 Å². The Hall–Kier alpha value is -2.08. The fourth-order valence-electron chi connectivity index (χ4n) is 1.75. The fraction of sp³-hybridized carbons (Fsp3) is 0.467. The van der Waals surface area contributed by atoms with Crippen LogP contribution in [0.15, 0.2) is 24.3 Å². The molecule has 0 radical (unpaired) electrons. The summed E-state index contributed by atoms with van der Waals surface area (Å²) in [6.07, 6.45) is -1.18. The summed E-state index contributed by atoms with van der Waals surface area (Å²) < 4.78 is 0. The Morgan fingerprint density at radius 1 is 1.14 bits per heavy atom. The third-order valence-corrected chi connectivity index (χ3v) is 3.04. The van der Waals surface area contributed by atoms with Crippen LogP contribution in [-0.2, 0) is 10.2 Å². The first-order valence-corrected chi connectivity index (χ1v) is 6.70. The van der Waals surface area contributed by atoms with E-state index in [1.54, 1.807) is 12.1 Å². The minimum absolute atomic E-state index is 0.0154. The van der Waals surface area contributed by atoms with E-state index in [9.17, 15) is 14.7 Å². The zero-order valence-electron chi connectivity index (χ0n) is 12.7. The van der Waals surface area contributed by atoms with Gasteiger partial charge in [0, 0.05) is 5.69 Å². The van der Waals surface area contributed by atoms with Crippen LogP contribution >= 0.6 is 0 Å². The molecular formula is C15H22N2O4. The highest BCUT2D eigenvalue weighted by atomic mass is 16.4. The van der Waals surface area contributed by atoms with E-state index in [0.717, 1.165) is 5.56 Å². The van der Waals surface area contributed by atoms with Gasteiger partial charge >= 0.3 is 12.0 Å². The van der Waals surface area contributed by atoms with Crippen LogP contribution in [0, 0.1) is 0 Å². The molecule has 2 atom stereocenters. The summed E-state index contributed by atoms with van der Waals surface area (Å²) in [4.78, 5) is 22.6. The summed E-state index contributed by atoms with van der Waals surface area (Å²) in [5.41, 5.74) is 1.69. The van der Waals surface area contributed by atoms with Gasteiger partial charge in [-0.25, -0.2) is 9.59 Å². The third kappa shape index (κ3) is 5.07. The molecule has 0 heterocycles. The first-order chi connectivity index (χ1) is 9.61. The fourth-order valence-corrected chi connectivity index (χ4v) is 1.75.